The van der Waals surface area contributed by atoms with Gasteiger partial charge in [0, 0.05) is 20.7 Å². The van der Waals surface area contributed by atoms with Gasteiger partial charge in [-0.1, -0.05) is 25.4 Å². The van der Waals surface area contributed by atoms with Crippen molar-refractivity contribution in [2.75, 3.05) is 0 Å². The van der Waals surface area contributed by atoms with E-state index in [2.05, 4.69) is 13.8 Å². The van der Waals surface area contributed by atoms with Crippen molar-refractivity contribution in [1.82, 2.24) is 0 Å². The number of hydrogen-bond donors (Lipinski definition) is 0. The maximum atomic E-state index is 10.5. The summed E-state index contributed by atoms with van der Waals surface area (Å²) in [6.07, 6.45) is 0.816. The highest BCUT2D eigenvalue weighted by atomic mass is 35.5. The number of carbonyl (C=O) groups is 1. The van der Waals surface area contributed by atoms with Crippen molar-refractivity contribution in [3.05, 3.63) is 28.8 Å². The smallest absolute Gasteiger partial charge is 0.150 e. The molecule has 0 saturated carbocycles. The standard InChI is InChI=1S/C10H11ClOS/c1-7(2)13-10-4-8(6-12)3-9(11)5-10/h3-7H,1-2H3. The molecular formula is C10H11ClOS. The van der Waals surface area contributed by atoms with Gasteiger partial charge in [0.05, 0.1) is 0 Å². The second-order valence-electron chi connectivity index (χ2n) is 3.00. The number of benzene rings is 1. The number of hydrogen-bond acceptors (Lipinski definition) is 2. The monoisotopic (exact) mass is 214 g/mol. The largest absolute Gasteiger partial charge is 0.298 e. The molecule has 0 saturated heterocycles. The van der Waals surface area contributed by atoms with Crippen LogP contribution in [0.15, 0.2) is 23.1 Å². The molecule has 0 spiro atoms. The molecule has 13 heavy (non-hydrogen) atoms. The minimum atomic E-state index is 0.498. The zero-order valence-corrected chi connectivity index (χ0v) is 9.15. The number of rotatable bonds is 3. The molecule has 0 aliphatic heterocycles. The molecule has 0 N–H and O–H groups in total. The fraction of sp³-hybridized carbons (Fsp3) is 0.300. The van der Waals surface area contributed by atoms with Crippen LogP contribution in [-0.2, 0) is 0 Å². The number of aldehydes is 1. The number of thioether (sulfide) groups is 1. The molecule has 0 aromatic heterocycles. The minimum Gasteiger partial charge on any atom is -0.298 e. The van der Waals surface area contributed by atoms with Crippen LogP contribution in [0.5, 0.6) is 0 Å². The summed E-state index contributed by atoms with van der Waals surface area (Å²) in [5.74, 6) is 0. The van der Waals surface area contributed by atoms with Gasteiger partial charge >= 0.3 is 0 Å². The Balaban J connectivity index is 2.94. The molecule has 0 amide bonds. The average Bonchev–Trinajstić information content (AvgIpc) is 2.01. The van der Waals surface area contributed by atoms with E-state index in [0.717, 1.165) is 11.2 Å². The fourth-order valence-corrected chi connectivity index (χ4v) is 2.24. The molecule has 0 fully saturated rings. The van der Waals surface area contributed by atoms with Gasteiger partial charge in [0.25, 0.3) is 0 Å². The van der Waals surface area contributed by atoms with E-state index >= 15 is 0 Å². The van der Waals surface area contributed by atoms with Gasteiger partial charge in [-0.15, -0.1) is 11.8 Å². The first kappa shape index (κ1) is 10.6. The van der Waals surface area contributed by atoms with Crippen LogP contribution in [0.1, 0.15) is 24.2 Å². The third-order valence-corrected chi connectivity index (χ3v) is 2.60. The lowest BCUT2D eigenvalue weighted by atomic mass is 10.2. The Kier molecular flexibility index (Phi) is 3.82. The highest BCUT2D eigenvalue weighted by Crippen LogP contribution is 2.26. The van der Waals surface area contributed by atoms with E-state index < -0.39 is 0 Å². The van der Waals surface area contributed by atoms with Crippen molar-refractivity contribution in [2.45, 2.75) is 24.0 Å². The Morgan fingerprint density at radius 3 is 2.62 bits per heavy atom. The molecule has 0 aliphatic carbocycles. The molecular weight excluding hydrogens is 204 g/mol. The fourth-order valence-electron chi connectivity index (χ4n) is 0.993. The predicted molar refractivity (Wildman–Crippen MR) is 57.8 cm³/mol. The van der Waals surface area contributed by atoms with Gasteiger partial charge in [-0.05, 0) is 18.2 Å². The second kappa shape index (κ2) is 4.68. The first-order valence-electron chi connectivity index (χ1n) is 4.04. The lowest BCUT2D eigenvalue weighted by Crippen LogP contribution is -1.87. The molecule has 0 bridgehead atoms. The van der Waals surface area contributed by atoms with Crippen LogP contribution >= 0.6 is 23.4 Å². The van der Waals surface area contributed by atoms with Gasteiger partial charge in [0.2, 0.25) is 0 Å². The summed E-state index contributed by atoms with van der Waals surface area (Å²) >= 11 is 7.54. The zero-order chi connectivity index (χ0) is 9.84. The second-order valence-corrected chi connectivity index (χ2v) is 5.09. The van der Waals surface area contributed by atoms with Gasteiger partial charge in [-0.2, -0.15) is 0 Å². The van der Waals surface area contributed by atoms with Crippen molar-refractivity contribution in [3.63, 3.8) is 0 Å². The molecule has 0 unspecified atom stereocenters. The molecule has 0 aliphatic rings. The highest BCUT2D eigenvalue weighted by Gasteiger charge is 2.01. The Hall–Kier alpha value is -0.470. The zero-order valence-electron chi connectivity index (χ0n) is 7.58. The van der Waals surface area contributed by atoms with E-state index in [9.17, 15) is 4.79 Å². The minimum absolute atomic E-state index is 0.498. The average molecular weight is 215 g/mol. The molecule has 0 radical (unpaired) electrons. The normalized spacial score (nSPS) is 10.5. The third kappa shape index (κ3) is 3.41. The van der Waals surface area contributed by atoms with E-state index in [0.29, 0.717) is 15.8 Å². The predicted octanol–water partition coefficient (Wildman–Crippen LogP) is 3.65. The van der Waals surface area contributed by atoms with E-state index in [4.69, 9.17) is 11.6 Å². The number of carbonyl (C=O) groups excluding carboxylic acids is 1. The molecule has 0 heterocycles. The van der Waals surface area contributed by atoms with Gasteiger partial charge in [0.1, 0.15) is 6.29 Å². The Labute approximate surface area is 87.5 Å². The van der Waals surface area contributed by atoms with Crippen LogP contribution in [0.2, 0.25) is 5.02 Å². The number of halogens is 1. The summed E-state index contributed by atoms with van der Waals surface area (Å²) in [5.41, 5.74) is 0.635. The lowest BCUT2D eigenvalue weighted by molar-refractivity contribution is 0.112. The van der Waals surface area contributed by atoms with Crippen molar-refractivity contribution in [2.24, 2.45) is 0 Å². The van der Waals surface area contributed by atoms with Gasteiger partial charge in [-0.3, -0.25) is 4.79 Å². The summed E-state index contributed by atoms with van der Waals surface area (Å²) in [6.45, 7) is 4.21. The van der Waals surface area contributed by atoms with E-state index in [1.807, 2.05) is 12.1 Å². The van der Waals surface area contributed by atoms with Crippen molar-refractivity contribution >= 4 is 29.6 Å². The van der Waals surface area contributed by atoms with Crippen LogP contribution in [0.25, 0.3) is 0 Å². The first-order chi connectivity index (χ1) is 6.11. The summed E-state index contributed by atoms with van der Waals surface area (Å²) < 4.78 is 0. The van der Waals surface area contributed by atoms with Crippen molar-refractivity contribution in [1.29, 1.82) is 0 Å². The van der Waals surface area contributed by atoms with Crippen LogP contribution in [-0.4, -0.2) is 11.5 Å². The van der Waals surface area contributed by atoms with Crippen LogP contribution in [0.3, 0.4) is 0 Å². The first-order valence-corrected chi connectivity index (χ1v) is 5.30. The molecule has 0 atom stereocenters. The van der Waals surface area contributed by atoms with Crippen LogP contribution < -0.4 is 0 Å². The summed E-state index contributed by atoms with van der Waals surface area (Å²) in [7, 11) is 0. The van der Waals surface area contributed by atoms with Gasteiger partial charge < -0.3 is 0 Å². The van der Waals surface area contributed by atoms with Crippen LogP contribution in [0, 0.1) is 0 Å². The van der Waals surface area contributed by atoms with Crippen LogP contribution in [0.4, 0.5) is 0 Å². The maximum Gasteiger partial charge on any atom is 0.150 e. The third-order valence-electron chi connectivity index (χ3n) is 1.40. The summed E-state index contributed by atoms with van der Waals surface area (Å²) in [5, 5.41) is 1.12. The van der Waals surface area contributed by atoms with Gasteiger partial charge in [0.15, 0.2) is 0 Å². The molecule has 1 aromatic carbocycles. The Morgan fingerprint density at radius 1 is 1.38 bits per heavy atom. The van der Waals surface area contributed by atoms with Crippen molar-refractivity contribution in [3.8, 4) is 0 Å². The van der Waals surface area contributed by atoms with E-state index in [-0.39, 0.29) is 0 Å². The lowest BCUT2D eigenvalue weighted by Gasteiger charge is -2.05. The Bertz CT molecular complexity index is 310. The van der Waals surface area contributed by atoms with Gasteiger partial charge in [-0.25, -0.2) is 0 Å². The van der Waals surface area contributed by atoms with E-state index in [1.54, 1.807) is 17.8 Å². The van der Waals surface area contributed by atoms with Crippen molar-refractivity contribution < 1.29 is 4.79 Å². The topological polar surface area (TPSA) is 17.1 Å². The molecule has 70 valence electrons. The summed E-state index contributed by atoms with van der Waals surface area (Å²) in [6, 6.07) is 5.39. The highest BCUT2D eigenvalue weighted by molar-refractivity contribution is 7.99. The Morgan fingerprint density at radius 2 is 2.08 bits per heavy atom. The molecule has 3 heteroatoms. The molecule has 1 rings (SSSR count). The van der Waals surface area contributed by atoms with E-state index in [1.165, 1.54) is 0 Å². The SMILES string of the molecule is CC(C)Sc1cc(Cl)cc(C=O)c1. The molecule has 1 aromatic rings. The maximum absolute atomic E-state index is 10.5. The summed E-state index contributed by atoms with van der Waals surface area (Å²) in [4.78, 5) is 11.6. The quantitative estimate of drug-likeness (QED) is 0.564. The molecule has 1 nitrogen and oxygen atoms in total.